The first-order valence-electron chi connectivity index (χ1n) is 14.0. The second-order valence-corrected chi connectivity index (χ2v) is 12.6. The summed E-state index contributed by atoms with van der Waals surface area (Å²) in [6.45, 7) is 6.94. The van der Waals surface area contributed by atoms with E-state index < -0.39 is 23.2 Å². The first kappa shape index (κ1) is 29.6. The van der Waals surface area contributed by atoms with Crippen molar-refractivity contribution in [2.45, 2.75) is 64.8 Å². The highest BCUT2D eigenvalue weighted by Crippen LogP contribution is 2.56. The Morgan fingerprint density at radius 1 is 1.26 bits per heavy atom. The van der Waals surface area contributed by atoms with Crippen LogP contribution >= 0.6 is 0 Å². The summed E-state index contributed by atoms with van der Waals surface area (Å²) in [5.41, 5.74) is 6.00. The lowest BCUT2D eigenvalue weighted by molar-refractivity contribution is -0.140. The Morgan fingerprint density at radius 3 is 2.67 bits per heavy atom. The molecule has 1 spiro atoms. The third-order valence-corrected chi connectivity index (χ3v) is 8.42. The van der Waals surface area contributed by atoms with Crippen LogP contribution in [-0.4, -0.2) is 51.7 Å². The lowest BCUT2D eigenvalue weighted by atomic mass is 9.56. The van der Waals surface area contributed by atoms with Gasteiger partial charge in [0, 0.05) is 43.0 Å². The van der Waals surface area contributed by atoms with Crippen molar-refractivity contribution in [3.63, 3.8) is 0 Å². The molecule has 1 amide bonds. The van der Waals surface area contributed by atoms with Crippen LogP contribution in [0.25, 0.3) is 0 Å². The summed E-state index contributed by atoms with van der Waals surface area (Å²) in [6, 6.07) is 5.41. The summed E-state index contributed by atoms with van der Waals surface area (Å²) in [7, 11) is 0. The molecule has 0 radical (unpaired) electrons. The number of hydrogen-bond acceptors (Lipinski definition) is 6. The maximum Gasteiger partial charge on any atom is 0.419 e. The van der Waals surface area contributed by atoms with E-state index in [0.717, 1.165) is 25.3 Å². The summed E-state index contributed by atoms with van der Waals surface area (Å²) in [5.74, 6) is -1.15. The van der Waals surface area contributed by atoms with Crippen LogP contribution < -0.4 is 5.73 Å². The molecule has 1 saturated heterocycles. The first-order chi connectivity index (χ1) is 19.7. The highest BCUT2D eigenvalue weighted by molar-refractivity contribution is 6.15. The van der Waals surface area contributed by atoms with Crippen molar-refractivity contribution in [3.05, 3.63) is 64.4 Å². The minimum Gasteiger partial charge on any atom is -0.444 e. The van der Waals surface area contributed by atoms with Crippen LogP contribution in [0.2, 0.25) is 0 Å². The van der Waals surface area contributed by atoms with E-state index in [4.69, 9.17) is 10.5 Å². The standard InChI is InChI=1S/C30H34F4N6O2/c1-28(2,3)42-27(41)39-10-8-29(17-39)11-19(12-29)21-7-9-37-26(22(13-35)25(21)36)20-14-38-40(16-20)15-18-5-4-6-23(31)24(18)30(32,33)34/h4-6,14,16,19,21H,7-12,15,17,36H2,1-3H3. The normalized spacial score (nSPS) is 24.7. The quantitative estimate of drug-likeness (QED) is 0.464. The fourth-order valence-corrected chi connectivity index (χ4v) is 6.57. The smallest absolute Gasteiger partial charge is 0.419 e. The number of aromatic nitrogens is 2. The molecular weight excluding hydrogens is 552 g/mol. The molecule has 1 aliphatic carbocycles. The first-order valence-corrected chi connectivity index (χ1v) is 14.0. The molecule has 1 aromatic carbocycles. The Kier molecular flexibility index (Phi) is 7.58. The zero-order valence-electron chi connectivity index (χ0n) is 23.8. The van der Waals surface area contributed by atoms with Crippen molar-refractivity contribution < 1.29 is 27.1 Å². The second kappa shape index (κ2) is 10.7. The van der Waals surface area contributed by atoms with Crippen molar-refractivity contribution in [2.24, 2.45) is 28.0 Å². The predicted molar refractivity (Wildman–Crippen MR) is 147 cm³/mol. The van der Waals surface area contributed by atoms with E-state index in [1.54, 1.807) is 4.90 Å². The molecule has 1 atom stereocenters. The van der Waals surface area contributed by atoms with Gasteiger partial charge in [-0.2, -0.15) is 23.5 Å². The number of rotatable bonds is 4. The summed E-state index contributed by atoms with van der Waals surface area (Å²) in [4.78, 5) is 19.0. The fourth-order valence-electron chi connectivity index (χ4n) is 6.57. The Hall–Kier alpha value is -3.88. The van der Waals surface area contributed by atoms with E-state index in [1.807, 2.05) is 20.8 Å². The van der Waals surface area contributed by atoms with Crippen molar-refractivity contribution in [1.29, 1.82) is 5.26 Å². The molecule has 0 bridgehead atoms. The molecule has 1 saturated carbocycles. The Morgan fingerprint density at radius 2 is 2.00 bits per heavy atom. The number of ether oxygens (including phenoxy) is 1. The number of aliphatic imine (C=N–C) groups is 1. The van der Waals surface area contributed by atoms with Crippen LogP contribution in [0.1, 0.15) is 63.1 Å². The van der Waals surface area contributed by atoms with Gasteiger partial charge in [-0.15, -0.1) is 0 Å². The minimum atomic E-state index is -4.85. The van der Waals surface area contributed by atoms with Gasteiger partial charge in [0.1, 0.15) is 17.5 Å². The van der Waals surface area contributed by atoms with Gasteiger partial charge in [0.2, 0.25) is 0 Å². The van der Waals surface area contributed by atoms with Crippen LogP contribution in [-0.2, 0) is 17.5 Å². The SMILES string of the molecule is CC(C)(C)OC(=O)N1CCC2(CC(C3CCN=C(c4cnn(Cc5cccc(F)c5C(F)(F)F)c4)C(C#N)=C3N)C2)C1. The van der Waals surface area contributed by atoms with Crippen molar-refractivity contribution in [2.75, 3.05) is 19.6 Å². The molecule has 3 aliphatic rings. The number of nitrogens with zero attached hydrogens (tertiary/aromatic N) is 5. The number of nitrogens with two attached hydrogens (primary N) is 1. The summed E-state index contributed by atoms with van der Waals surface area (Å²) >= 11 is 0. The molecule has 2 aliphatic heterocycles. The number of benzene rings is 1. The third-order valence-electron chi connectivity index (χ3n) is 8.42. The molecule has 1 aromatic heterocycles. The molecule has 8 nitrogen and oxygen atoms in total. The zero-order valence-corrected chi connectivity index (χ0v) is 23.8. The van der Waals surface area contributed by atoms with Crippen molar-refractivity contribution in [3.8, 4) is 6.07 Å². The number of allylic oxidation sites excluding steroid dienone is 2. The molecule has 3 heterocycles. The zero-order chi connectivity index (χ0) is 30.4. The average molecular weight is 587 g/mol. The number of likely N-dealkylation sites (tertiary alicyclic amines) is 1. The van der Waals surface area contributed by atoms with E-state index in [2.05, 4.69) is 16.2 Å². The fraction of sp³-hybridized carbons (Fsp3) is 0.533. The maximum atomic E-state index is 14.0. The largest absolute Gasteiger partial charge is 0.444 e. The Bertz CT molecular complexity index is 1470. The van der Waals surface area contributed by atoms with E-state index in [0.29, 0.717) is 43.0 Å². The summed E-state index contributed by atoms with van der Waals surface area (Å²) in [6.07, 6.45) is 1.10. The van der Waals surface area contributed by atoms with Crippen LogP contribution in [0.5, 0.6) is 0 Å². The number of carbonyl (C=O) groups excluding carboxylic acids is 1. The molecule has 2 aromatic rings. The van der Waals surface area contributed by atoms with E-state index in [1.165, 1.54) is 29.2 Å². The third kappa shape index (κ3) is 5.87. The van der Waals surface area contributed by atoms with Gasteiger partial charge >= 0.3 is 12.3 Å². The van der Waals surface area contributed by atoms with Gasteiger partial charge in [-0.05, 0) is 69.4 Å². The predicted octanol–water partition coefficient (Wildman–Crippen LogP) is 5.67. The molecule has 2 N–H and O–H groups in total. The number of hydrogen-bond donors (Lipinski definition) is 1. The molecule has 2 fully saturated rings. The second-order valence-electron chi connectivity index (χ2n) is 12.6. The van der Waals surface area contributed by atoms with E-state index >= 15 is 0 Å². The maximum absolute atomic E-state index is 14.0. The monoisotopic (exact) mass is 586 g/mol. The number of alkyl halides is 3. The van der Waals surface area contributed by atoms with Gasteiger partial charge in [0.05, 0.1) is 29.6 Å². The van der Waals surface area contributed by atoms with Gasteiger partial charge in [-0.25, -0.2) is 9.18 Å². The molecule has 1 unspecified atom stereocenters. The molecule has 42 heavy (non-hydrogen) atoms. The topological polar surface area (TPSA) is 110 Å². The highest BCUT2D eigenvalue weighted by atomic mass is 19.4. The van der Waals surface area contributed by atoms with Gasteiger partial charge in [-0.1, -0.05) is 12.1 Å². The minimum absolute atomic E-state index is 0.0258. The number of nitriles is 1. The van der Waals surface area contributed by atoms with Crippen LogP contribution in [0, 0.1) is 34.4 Å². The van der Waals surface area contributed by atoms with E-state index in [9.17, 15) is 27.6 Å². The average Bonchev–Trinajstić information content (AvgIpc) is 3.48. The van der Waals surface area contributed by atoms with Crippen LogP contribution in [0.3, 0.4) is 0 Å². The Labute approximate surface area is 241 Å². The van der Waals surface area contributed by atoms with E-state index in [-0.39, 0.29) is 41.0 Å². The van der Waals surface area contributed by atoms with Gasteiger partial charge in [0.15, 0.2) is 0 Å². The molecule has 224 valence electrons. The molecule has 5 rings (SSSR count). The summed E-state index contributed by atoms with van der Waals surface area (Å²) in [5, 5.41) is 14.2. The summed E-state index contributed by atoms with van der Waals surface area (Å²) < 4.78 is 61.2. The number of halogens is 4. The lowest BCUT2D eigenvalue weighted by Gasteiger charge is -2.48. The van der Waals surface area contributed by atoms with Crippen molar-refractivity contribution >= 4 is 11.8 Å². The van der Waals surface area contributed by atoms with Gasteiger partial charge in [-0.3, -0.25) is 9.67 Å². The lowest BCUT2D eigenvalue weighted by Crippen LogP contribution is -2.45. The highest BCUT2D eigenvalue weighted by Gasteiger charge is 2.52. The molecule has 12 heteroatoms. The van der Waals surface area contributed by atoms with Gasteiger partial charge < -0.3 is 15.4 Å². The number of amides is 1. The Balaban J connectivity index is 1.29. The van der Waals surface area contributed by atoms with Crippen LogP contribution in [0.15, 0.2) is 46.9 Å². The molecular formula is C30H34F4N6O2. The van der Waals surface area contributed by atoms with Gasteiger partial charge in [0.25, 0.3) is 0 Å². The number of carbonyl (C=O) groups is 1. The van der Waals surface area contributed by atoms with Crippen LogP contribution in [0.4, 0.5) is 22.4 Å². The van der Waals surface area contributed by atoms with Crippen molar-refractivity contribution in [1.82, 2.24) is 14.7 Å².